The zero-order chi connectivity index (χ0) is 28.6. The van der Waals surface area contributed by atoms with E-state index in [1.807, 2.05) is 39.8 Å². The molecule has 1 fully saturated rings. The minimum Gasteiger partial charge on any atom is -0.338 e. The molecule has 3 rings (SSSR count). The Morgan fingerprint density at radius 3 is 2.37 bits per heavy atom. The Labute approximate surface area is 230 Å². The number of benzene rings is 1. The number of halogens is 3. The lowest BCUT2D eigenvalue weighted by Crippen LogP contribution is -2.65. The number of carbonyl (C=O) groups is 3. The molecule has 12 heteroatoms. The van der Waals surface area contributed by atoms with Crippen molar-refractivity contribution in [2.75, 3.05) is 50.9 Å². The van der Waals surface area contributed by atoms with E-state index in [-0.39, 0.29) is 33.5 Å². The monoisotopic (exact) mass is 569 g/mol. The number of urea groups is 1. The molecule has 2 heterocycles. The summed E-state index contributed by atoms with van der Waals surface area (Å²) in [6.07, 6.45) is 0. The van der Waals surface area contributed by atoms with Crippen LogP contribution in [-0.4, -0.2) is 78.4 Å². The van der Waals surface area contributed by atoms with Crippen molar-refractivity contribution in [3.8, 4) is 0 Å². The van der Waals surface area contributed by atoms with Gasteiger partial charge in [0, 0.05) is 31.1 Å². The number of thiophene rings is 1. The summed E-state index contributed by atoms with van der Waals surface area (Å²) in [5.41, 5.74) is -1.29. The van der Waals surface area contributed by atoms with E-state index in [9.17, 15) is 23.2 Å². The third-order valence-corrected chi connectivity index (χ3v) is 8.26. The van der Waals surface area contributed by atoms with E-state index >= 15 is 0 Å². The average molecular weight is 570 g/mol. The Morgan fingerprint density at radius 2 is 1.76 bits per heavy atom. The summed E-state index contributed by atoms with van der Waals surface area (Å²) in [5.74, 6) is -2.94. The average Bonchev–Trinajstić information content (AvgIpc) is 3.24. The van der Waals surface area contributed by atoms with Crippen LogP contribution in [0.1, 0.15) is 49.2 Å². The third-order valence-electron chi connectivity index (χ3n) is 6.34. The molecule has 0 spiro atoms. The molecule has 1 aromatic carbocycles. The van der Waals surface area contributed by atoms with Crippen LogP contribution in [-0.2, 0) is 10.2 Å². The molecule has 208 valence electrons. The molecule has 1 aliphatic rings. The number of hydrogen-bond acceptors (Lipinski definition) is 5. The van der Waals surface area contributed by atoms with Gasteiger partial charge in [0.25, 0.3) is 5.91 Å². The zero-order valence-electron chi connectivity index (χ0n) is 22.7. The van der Waals surface area contributed by atoms with E-state index < -0.39 is 28.2 Å². The summed E-state index contributed by atoms with van der Waals surface area (Å²) in [6, 6.07) is 2.93. The maximum atomic E-state index is 13.8. The second-order valence-corrected chi connectivity index (χ2v) is 12.4. The number of nitrogens with one attached hydrogen (secondary N) is 2. The lowest BCUT2D eigenvalue weighted by molar-refractivity contribution is -0.146. The van der Waals surface area contributed by atoms with Gasteiger partial charge < -0.3 is 25.3 Å². The fraction of sp³-hybridized carbons (Fsp3) is 0.500. The highest BCUT2D eigenvalue weighted by Gasteiger charge is 2.45. The van der Waals surface area contributed by atoms with Crippen LogP contribution in [0.5, 0.6) is 0 Å². The fourth-order valence-corrected chi connectivity index (χ4v) is 5.35. The molecule has 2 aromatic rings. The molecule has 0 atom stereocenters. The van der Waals surface area contributed by atoms with Crippen molar-refractivity contribution in [1.29, 1.82) is 0 Å². The Hall–Kier alpha value is -2.76. The van der Waals surface area contributed by atoms with Crippen LogP contribution in [0, 0.1) is 11.6 Å². The van der Waals surface area contributed by atoms with Gasteiger partial charge in [-0.25, -0.2) is 13.6 Å². The van der Waals surface area contributed by atoms with E-state index in [4.69, 9.17) is 11.6 Å². The molecule has 2 N–H and O–H groups in total. The summed E-state index contributed by atoms with van der Waals surface area (Å²) in [7, 11) is 3.87. The predicted molar refractivity (Wildman–Crippen MR) is 147 cm³/mol. The Morgan fingerprint density at radius 1 is 1.13 bits per heavy atom. The van der Waals surface area contributed by atoms with Gasteiger partial charge in [0.1, 0.15) is 15.4 Å². The number of likely N-dealkylation sites (N-methyl/N-ethyl adjacent to an activating group) is 1. The normalized spacial score (nSPS) is 15.7. The quantitative estimate of drug-likeness (QED) is 0.466. The zero-order valence-corrected chi connectivity index (χ0v) is 24.2. The molecule has 0 saturated carbocycles. The van der Waals surface area contributed by atoms with Crippen molar-refractivity contribution < 1.29 is 23.2 Å². The molecular weight excluding hydrogens is 536 g/mol. The summed E-state index contributed by atoms with van der Waals surface area (Å²) < 4.78 is 27.3. The molecule has 0 radical (unpaired) electrons. The third kappa shape index (κ3) is 6.27. The van der Waals surface area contributed by atoms with E-state index in [1.54, 1.807) is 24.8 Å². The van der Waals surface area contributed by atoms with Crippen molar-refractivity contribution in [1.82, 2.24) is 14.7 Å². The van der Waals surface area contributed by atoms with Crippen LogP contribution in [0.25, 0.3) is 0 Å². The van der Waals surface area contributed by atoms with Crippen molar-refractivity contribution in [2.24, 2.45) is 0 Å². The first-order valence-corrected chi connectivity index (χ1v) is 13.4. The number of amides is 4. The molecule has 0 unspecified atom stereocenters. The highest BCUT2D eigenvalue weighted by Crippen LogP contribution is 2.38. The van der Waals surface area contributed by atoms with Gasteiger partial charge in [-0.2, -0.15) is 0 Å². The molecule has 38 heavy (non-hydrogen) atoms. The van der Waals surface area contributed by atoms with Gasteiger partial charge in [0.15, 0.2) is 11.6 Å². The highest BCUT2D eigenvalue weighted by atomic mass is 35.5. The van der Waals surface area contributed by atoms with E-state index in [1.165, 1.54) is 16.2 Å². The number of hydrogen-bond donors (Lipinski definition) is 2. The first-order valence-electron chi connectivity index (χ1n) is 12.2. The van der Waals surface area contributed by atoms with Gasteiger partial charge in [0.05, 0.1) is 11.4 Å². The summed E-state index contributed by atoms with van der Waals surface area (Å²) in [4.78, 5) is 46.3. The van der Waals surface area contributed by atoms with Crippen molar-refractivity contribution in [3.63, 3.8) is 0 Å². The second kappa shape index (κ2) is 11.2. The van der Waals surface area contributed by atoms with Crippen LogP contribution in [0.2, 0.25) is 5.02 Å². The van der Waals surface area contributed by atoms with Crippen LogP contribution in [0.3, 0.4) is 0 Å². The molecule has 0 aliphatic carbocycles. The minimum atomic E-state index is -1.28. The van der Waals surface area contributed by atoms with Crippen molar-refractivity contribution in [3.05, 3.63) is 44.6 Å². The van der Waals surface area contributed by atoms with Crippen LogP contribution in [0.15, 0.2) is 18.2 Å². The van der Waals surface area contributed by atoms with E-state index in [0.29, 0.717) is 26.2 Å². The van der Waals surface area contributed by atoms with Crippen LogP contribution in [0.4, 0.5) is 25.0 Å². The Bertz CT molecular complexity index is 1240. The SMILES string of the molecule is CN(C)CCN1CCN(C(=O)c2sc(C(C)(C)C)cc2NC(=O)Nc2ccc(F)c(F)c2Cl)C(C)(C)C1=O. The minimum absolute atomic E-state index is 0.122. The number of piperazine rings is 1. The number of carbonyl (C=O) groups excluding carboxylic acids is 3. The molecule has 8 nitrogen and oxygen atoms in total. The molecule has 1 aromatic heterocycles. The number of anilines is 2. The highest BCUT2D eigenvalue weighted by molar-refractivity contribution is 7.14. The Kier molecular flexibility index (Phi) is 8.74. The predicted octanol–water partition coefficient (Wildman–Crippen LogP) is 5.25. The van der Waals surface area contributed by atoms with Gasteiger partial charge in [-0.3, -0.25) is 9.59 Å². The van der Waals surface area contributed by atoms with E-state index in [0.717, 1.165) is 17.0 Å². The standard InChI is InChI=1S/C26H34ClF2N5O3S/c1-25(2,3)18-14-17(31-24(37)30-16-9-8-15(28)20(29)19(16)27)21(38-18)22(35)34-13-12-33(11-10-32(6)7)23(36)26(34,4)5/h8-9,14H,10-13H2,1-7H3,(H2,30,31,37). The second-order valence-electron chi connectivity index (χ2n) is 11.0. The lowest BCUT2D eigenvalue weighted by Gasteiger charge is -2.46. The van der Waals surface area contributed by atoms with Gasteiger partial charge in [-0.1, -0.05) is 32.4 Å². The van der Waals surface area contributed by atoms with Gasteiger partial charge in [-0.05, 0) is 51.6 Å². The van der Waals surface area contributed by atoms with Gasteiger partial charge >= 0.3 is 6.03 Å². The van der Waals surface area contributed by atoms with E-state index in [2.05, 4.69) is 10.6 Å². The van der Waals surface area contributed by atoms with Gasteiger partial charge in [0.2, 0.25) is 5.91 Å². The molecule has 1 aliphatic heterocycles. The first kappa shape index (κ1) is 29.8. The van der Waals surface area contributed by atoms with Gasteiger partial charge in [-0.15, -0.1) is 11.3 Å². The fourth-order valence-electron chi connectivity index (χ4n) is 4.03. The lowest BCUT2D eigenvalue weighted by atomic mass is 9.94. The topological polar surface area (TPSA) is 85.0 Å². The summed E-state index contributed by atoms with van der Waals surface area (Å²) >= 11 is 7.07. The number of rotatable bonds is 6. The Balaban J connectivity index is 1.88. The molecular formula is C26H34ClF2N5O3S. The van der Waals surface area contributed by atoms with Crippen molar-refractivity contribution >= 4 is 52.2 Å². The maximum absolute atomic E-state index is 13.8. The summed E-state index contributed by atoms with van der Waals surface area (Å²) in [5, 5.41) is 4.48. The molecule has 4 amide bonds. The first-order chi connectivity index (χ1) is 17.5. The smallest absolute Gasteiger partial charge is 0.323 e. The molecule has 0 bridgehead atoms. The molecule has 1 saturated heterocycles. The van der Waals surface area contributed by atoms with Crippen molar-refractivity contribution in [2.45, 2.75) is 45.6 Å². The van der Waals surface area contributed by atoms with Crippen LogP contribution >= 0.6 is 22.9 Å². The maximum Gasteiger partial charge on any atom is 0.323 e. The largest absolute Gasteiger partial charge is 0.338 e. The van der Waals surface area contributed by atoms with Crippen LogP contribution < -0.4 is 10.6 Å². The summed E-state index contributed by atoms with van der Waals surface area (Å²) in [6.45, 7) is 11.4. The number of nitrogens with zero attached hydrogens (tertiary/aromatic N) is 3.